The molecule has 16 heavy (non-hydrogen) atoms. The minimum atomic E-state index is 0.366. The number of benzene rings is 1. The Hall–Kier alpha value is -1.65. The molecule has 2 rings (SSSR count). The maximum atomic E-state index is 5.47. The molecule has 0 saturated carbocycles. The molecule has 1 heterocycles. The minimum Gasteiger partial charge on any atom is -0.380 e. The number of nitrogens with two attached hydrogens (primary N) is 1. The van der Waals surface area contributed by atoms with Crippen molar-refractivity contribution in [2.75, 3.05) is 7.11 Å². The van der Waals surface area contributed by atoms with Crippen molar-refractivity contribution in [3.05, 3.63) is 41.7 Å². The molecule has 0 atom stereocenters. The fraction of sp³-hybridized carbons (Fsp3) is 0.250. The highest BCUT2D eigenvalue weighted by Crippen LogP contribution is 2.20. The van der Waals surface area contributed by atoms with E-state index in [-0.39, 0.29) is 0 Å². The van der Waals surface area contributed by atoms with Gasteiger partial charge >= 0.3 is 0 Å². The quantitative estimate of drug-likeness (QED) is 0.852. The van der Waals surface area contributed by atoms with Crippen LogP contribution in [0.3, 0.4) is 0 Å². The lowest BCUT2D eigenvalue weighted by atomic mass is 10.1. The van der Waals surface area contributed by atoms with Crippen LogP contribution in [0.5, 0.6) is 0 Å². The average molecular weight is 218 g/mol. The van der Waals surface area contributed by atoms with Crippen molar-refractivity contribution in [3.63, 3.8) is 0 Å². The lowest BCUT2D eigenvalue weighted by Crippen LogP contribution is -1.92. The van der Waals surface area contributed by atoms with Crippen LogP contribution in [0, 0.1) is 0 Å². The molecule has 0 bridgehead atoms. The SMILES string of the molecule is COCc1cccc(-c2cc(CN)on2)c1. The van der Waals surface area contributed by atoms with E-state index in [1.165, 1.54) is 0 Å². The van der Waals surface area contributed by atoms with Crippen molar-refractivity contribution in [2.45, 2.75) is 13.2 Å². The van der Waals surface area contributed by atoms with E-state index < -0.39 is 0 Å². The van der Waals surface area contributed by atoms with Gasteiger partial charge in [0.15, 0.2) is 5.76 Å². The molecule has 0 unspecified atom stereocenters. The van der Waals surface area contributed by atoms with Crippen LogP contribution in [0.1, 0.15) is 11.3 Å². The van der Waals surface area contributed by atoms with Gasteiger partial charge in [-0.3, -0.25) is 0 Å². The fourth-order valence-corrected chi connectivity index (χ4v) is 1.53. The second-order valence-electron chi connectivity index (χ2n) is 3.52. The largest absolute Gasteiger partial charge is 0.380 e. The summed E-state index contributed by atoms with van der Waals surface area (Å²) < 4.78 is 10.1. The van der Waals surface area contributed by atoms with Crippen LogP contribution in [0.15, 0.2) is 34.9 Å². The molecular formula is C12H14N2O2. The molecule has 1 aromatic heterocycles. The van der Waals surface area contributed by atoms with Gasteiger partial charge in [-0.05, 0) is 11.6 Å². The van der Waals surface area contributed by atoms with E-state index in [2.05, 4.69) is 5.16 Å². The number of hydrogen-bond acceptors (Lipinski definition) is 4. The second-order valence-corrected chi connectivity index (χ2v) is 3.52. The first-order chi connectivity index (χ1) is 7.83. The number of ether oxygens (including phenoxy) is 1. The number of rotatable bonds is 4. The Balaban J connectivity index is 2.28. The van der Waals surface area contributed by atoms with Crippen molar-refractivity contribution in [3.8, 4) is 11.3 Å². The summed E-state index contributed by atoms with van der Waals surface area (Å²) in [7, 11) is 1.68. The molecule has 0 fully saturated rings. The fourth-order valence-electron chi connectivity index (χ4n) is 1.53. The van der Waals surface area contributed by atoms with Gasteiger partial charge in [-0.1, -0.05) is 23.4 Å². The summed E-state index contributed by atoms with van der Waals surface area (Å²) in [5.41, 5.74) is 8.39. The number of methoxy groups -OCH3 is 1. The number of nitrogens with zero attached hydrogens (tertiary/aromatic N) is 1. The van der Waals surface area contributed by atoms with Crippen LogP contribution in [0.2, 0.25) is 0 Å². The molecule has 0 aliphatic rings. The van der Waals surface area contributed by atoms with Crippen LogP contribution >= 0.6 is 0 Å². The standard InChI is InChI=1S/C12H14N2O2/c1-15-8-9-3-2-4-10(5-9)12-6-11(7-13)16-14-12/h2-6H,7-8,13H2,1H3. The zero-order chi connectivity index (χ0) is 11.4. The van der Waals surface area contributed by atoms with Crippen LogP contribution in [-0.2, 0) is 17.9 Å². The molecule has 4 nitrogen and oxygen atoms in total. The van der Waals surface area contributed by atoms with Crippen LogP contribution in [0.25, 0.3) is 11.3 Å². The zero-order valence-electron chi connectivity index (χ0n) is 9.14. The van der Waals surface area contributed by atoms with Crippen molar-refractivity contribution in [1.29, 1.82) is 0 Å². The Morgan fingerprint density at radius 1 is 1.38 bits per heavy atom. The Morgan fingerprint density at radius 2 is 2.25 bits per heavy atom. The molecular weight excluding hydrogens is 204 g/mol. The Kier molecular flexibility index (Phi) is 3.34. The molecule has 1 aromatic carbocycles. The van der Waals surface area contributed by atoms with Crippen molar-refractivity contribution < 1.29 is 9.26 Å². The summed E-state index contributed by atoms with van der Waals surface area (Å²) in [6, 6.07) is 9.85. The Bertz CT molecular complexity index is 466. The van der Waals surface area contributed by atoms with E-state index in [0.29, 0.717) is 18.9 Å². The van der Waals surface area contributed by atoms with Gasteiger partial charge in [0.2, 0.25) is 0 Å². The van der Waals surface area contributed by atoms with E-state index >= 15 is 0 Å². The van der Waals surface area contributed by atoms with Gasteiger partial charge in [0.25, 0.3) is 0 Å². The van der Waals surface area contributed by atoms with E-state index in [0.717, 1.165) is 16.8 Å². The first kappa shape index (κ1) is 10.9. The summed E-state index contributed by atoms with van der Waals surface area (Å²) in [6.45, 7) is 0.959. The molecule has 0 aliphatic carbocycles. The molecule has 0 saturated heterocycles. The summed E-state index contributed by atoms with van der Waals surface area (Å²) in [5, 5.41) is 3.96. The molecule has 84 valence electrons. The normalized spacial score (nSPS) is 10.6. The second kappa shape index (κ2) is 4.92. The van der Waals surface area contributed by atoms with E-state index in [4.69, 9.17) is 15.0 Å². The Labute approximate surface area is 94.0 Å². The van der Waals surface area contributed by atoms with Crippen molar-refractivity contribution in [1.82, 2.24) is 5.16 Å². The number of aromatic nitrogens is 1. The Morgan fingerprint density at radius 3 is 2.94 bits per heavy atom. The topological polar surface area (TPSA) is 61.3 Å². The summed E-state index contributed by atoms with van der Waals surface area (Å²) in [6.07, 6.45) is 0. The summed E-state index contributed by atoms with van der Waals surface area (Å²) in [5.74, 6) is 0.687. The van der Waals surface area contributed by atoms with Gasteiger partial charge in [0.05, 0.1) is 13.2 Å². The molecule has 2 N–H and O–H groups in total. The highest BCUT2D eigenvalue weighted by molar-refractivity contribution is 5.59. The third-order valence-electron chi connectivity index (χ3n) is 2.29. The highest BCUT2D eigenvalue weighted by Gasteiger charge is 2.05. The van der Waals surface area contributed by atoms with Crippen molar-refractivity contribution >= 4 is 0 Å². The lowest BCUT2D eigenvalue weighted by molar-refractivity contribution is 0.185. The molecule has 0 spiro atoms. The third kappa shape index (κ3) is 2.29. The summed E-state index contributed by atoms with van der Waals surface area (Å²) >= 11 is 0. The molecule has 2 aromatic rings. The van der Waals surface area contributed by atoms with Gasteiger partial charge in [0.1, 0.15) is 5.69 Å². The number of hydrogen-bond donors (Lipinski definition) is 1. The predicted octanol–water partition coefficient (Wildman–Crippen LogP) is 1.95. The predicted molar refractivity (Wildman–Crippen MR) is 60.5 cm³/mol. The van der Waals surface area contributed by atoms with Gasteiger partial charge in [-0.2, -0.15) is 0 Å². The van der Waals surface area contributed by atoms with Crippen molar-refractivity contribution in [2.24, 2.45) is 5.73 Å². The molecule has 0 amide bonds. The van der Waals surface area contributed by atoms with Crippen LogP contribution in [-0.4, -0.2) is 12.3 Å². The van der Waals surface area contributed by atoms with Gasteiger partial charge in [-0.15, -0.1) is 0 Å². The smallest absolute Gasteiger partial charge is 0.150 e. The first-order valence-electron chi connectivity index (χ1n) is 5.07. The molecule has 0 aliphatic heterocycles. The monoisotopic (exact) mass is 218 g/mol. The van der Waals surface area contributed by atoms with Gasteiger partial charge in [0, 0.05) is 18.7 Å². The average Bonchev–Trinajstić information content (AvgIpc) is 2.78. The highest BCUT2D eigenvalue weighted by atomic mass is 16.5. The minimum absolute atomic E-state index is 0.366. The van der Waals surface area contributed by atoms with Crippen LogP contribution < -0.4 is 5.73 Å². The summed E-state index contributed by atoms with van der Waals surface area (Å²) in [4.78, 5) is 0. The van der Waals surface area contributed by atoms with E-state index in [1.54, 1.807) is 7.11 Å². The zero-order valence-corrected chi connectivity index (χ0v) is 9.14. The molecule has 0 radical (unpaired) electrons. The first-order valence-corrected chi connectivity index (χ1v) is 5.07. The maximum absolute atomic E-state index is 5.47. The van der Waals surface area contributed by atoms with Crippen LogP contribution in [0.4, 0.5) is 0 Å². The van der Waals surface area contributed by atoms with Gasteiger partial charge < -0.3 is 15.0 Å². The van der Waals surface area contributed by atoms with Gasteiger partial charge in [-0.25, -0.2) is 0 Å². The molecule has 4 heteroatoms. The van der Waals surface area contributed by atoms with E-state index in [1.807, 2.05) is 30.3 Å². The third-order valence-corrected chi connectivity index (χ3v) is 2.29. The van der Waals surface area contributed by atoms with E-state index in [9.17, 15) is 0 Å². The lowest BCUT2D eigenvalue weighted by Gasteiger charge is -2.01. The maximum Gasteiger partial charge on any atom is 0.150 e.